The SMILES string of the molecule is NCCCCCCC(=O)Nc1cc(F)c(Br)cc1F. The molecule has 3 N–H and O–H groups in total. The number of unbranched alkanes of at least 4 members (excludes halogenated alkanes) is 3. The van der Waals surface area contributed by atoms with Crippen LogP contribution >= 0.6 is 15.9 Å². The van der Waals surface area contributed by atoms with Gasteiger partial charge in [0.05, 0.1) is 10.2 Å². The van der Waals surface area contributed by atoms with Gasteiger partial charge in [-0.2, -0.15) is 0 Å². The highest BCUT2D eigenvalue weighted by Crippen LogP contribution is 2.23. The lowest BCUT2D eigenvalue weighted by atomic mass is 10.1. The molecule has 0 fully saturated rings. The van der Waals surface area contributed by atoms with Crippen LogP contribution in [-0.4, -0.2) is 12.5 Å². The van der Waals surface area contributed by atoms with E-state index in [1.807, 2.05) is 0 Å². The van der Waals surface area contributed by atoms with E-state index in [0.717, 1.165) is 31.4 Å². The van der Waals surface area contributed by atoms with Crippen molar-refractivity contribution in [1.82, 2.24) is 0 Å². The van der Waals surface area contributed by atoms with Crippen molar-refractivity contribution < 1.29 is 13.6 Å². The Kier molecular flexibility index (Phi) is 6.94. The van der Waals surface area contributed by atoms with Crippen LogP contribution in [0.15, 0.2) is 16.6 Å². The Balaban J connectivity index is 2.42. The minimum atomic E-state index is -0.662. The van der Waals surface area contributed by atoms with Gasteiger partial charge in [0.2, 0.25) is 5.91 Å². The first kappa shape index (κ1) is 16.0. The molecular formula is C13H17BrF2N2O. The van der Waals surface area contributed by atoms with Crippen molar-refractivity contribution in [2.45, 2.75) is 32.1 Å². The molecule has 0 saturated heterocycles. The monoisotopic (exact) mass is 334 g/mol. The van der Waals surface area contributed by atoms with Gasteiger partial charge >= 0.3 is 0 Å². The highest BCUT2D eigenvalue weighted by molar-refractivity contribution is 9.10. The van der Waals surface area contributed by atoms with Crippen molar-refractivity contribution in [3.8, 4) is 0 Å². The first-order valence-corrected chi connectivity index (χ1v) is 6.98. The standard InChI is InChI=1S/C13H17BrF2N2O/c14-9-7-11(16)12(8-10(9)15)18-13(19)5-3-1-2-4-6-17/h7-8H,1-6,17H2,(H,18,19). The lowest BCUT2D eigenvalue weighted by Crippen LogP contribution is -2.12. The number of nitrogens with one attached hydrogen (secondary N) is 1. The number of benzene rings is 1. The third kappa shape index (κ3) is 5.65. The van der Waals surface area contributed by atoms with Crippen molar-refractivity contribution in [1.29, 1.82) is 0 Å². The Labute approximate surface area is 119 Å². The van der Waals surface area contributed by atoms with Gasteiger partial charge in [-0.3, -0.25) is 4.79 Å². The van der Waals surface area contributed by atoms with E-state index >= 15 is 0 Å². The third-order valence-corrected chi connectivity index (χ3v) is 3.25. The van der Waals surface area contributed by atoms with Crippen molar-refractivity contribution >= 4 is 27.5 Å². The van der Waals surface area contributed by atoms with Gasteiger partial charge < -0.3 is 11.1 Å². The van der Waals surface area contributed by atoms with Gasteiger partial charge in [0.15, 0.2) is 0 Å². The molecule has 0 aromatic heterocycles. The smallest absolute Gasteiger partial charge is 0.224 e. The fourth-order valence-electron chi connectivity index (χ4n) is 1.61. The average Bonchev–Trinajstić information content (AvgIpc) is 2.35. The summed E-state index contributed by atoms with van der Waals surface area (Å²) in [5.74, 6) is -1.59. The molecule has 3 nitrogen and oxygen atoms in total. The second-order valence-electron chi connectivity index (χ2n) is 4.25. The minimum absolute atomic E-state index is 0.0322. The summed E-state index contributed by atoms with van der Waals surface area (Å²) in [6, 6.07) is 1.96. The van der Waals surface area contributed by atoms with Gasteiger partial charge in [0.25, 0.3) is 0 Å². The number of hydrogen-bond donors (Lipinski definition) is 2. The topological polar surface area (TPSA) is 55.1 Å². The summed E-state index contributed by atoms with van der Waals surface area (Å²) in [6.45, 7) is 0.648. The van der Waals surface area contributed by atoms with E-state index in [-0.39, 0.29) is 16.1 Å². The number of nitrogens with two attached hydrogens (primary N) is 1. The highest BCUT2D eigenvalue weighted by atomic mass is 79.9. The van der Waals surface area contributed by atoms with E-state index < -0.39 is 11.6 Å². The molecule has 0 heterocycles. The summed E-state index contributed by atoms with van der Waals surface area (Å²) in [7, 11) is 0. The quantitative estimate of drug-likeness (QED) is 0.591. The average molecular weight is 335 g/mol. The molecule has 0 aliphatic rings. The van der Waals surface area contributed by atoms with Crippen LogP contribution in [0, 0.1) is 11.6 Å². The number of carbonyl (C=O) groups is 1. The molecule has 1 aromatic rings. The van der Waals surface area contributed by atoms with Crippen LogP contribution in [0.25, 0.3) is 0 Å². The van der Waals surface area contributed by atoms with Crippen molar-refractivity contribution in [2.24, 2.45) is 5.73 Å². The van der Waals surface area contributed by atoms with Crippen molar-refractivity contribution in [2.75, 3.05) is 11.9 Å². The predicted molar refractivity (Wildman–Crippen MR) is 74.8 cm³/mol. The molecule has 19 heavy (non-hydrogen) atoms. The zero-order chi connectivity index (χ0) is 14.3. The first-order valence-electron chi connectivity index (χ1n) is 6.19. The van der Waals surface area contributed by atoms with Gasteiger partial charge in [0, 0.05) is 12.5 Å². The predicted octanol–water partition coefficient (Wildman–Crippen LogP) is 3.58. The van der Waals surface area contributed by atoms with Crippen LogP contribution in [0.3, 0.4) is 0 Å². The summed E-state index contributed by atoms with van der Waals surface area (Å²) in [6.07, 6.45) is 3.83. The molecule has 106 valence electrons. The molecule has 0 spiro atoms. The van der Waals surface area contributed by atoms with E-state index in [9.17, 15) is 13.6 Å². The van der Waals surface area contributed by atoms with Gasteiger partial charge in [-0.1, -0.05) is 12.8 Å². The molecule has 0 unspecified atom stereocenters. The zero-order valence-electron chi connectivity index (χ0n) is 10.5. The molecule has 0 aliphatic heterocycles. The summed E-state index contributed by atoms with van der Waals surface area (Å²) >= 11 is 2.87. The second-order valence-corrected chi connectivity index (χ2v) is 5.10. The normalized spacial score (nSPS) is 10.5. The maximum Gasteiger partial charge on any atom is 0.224 e. The number of hydrogen-bond acceptors (Lipinski definition) is 2. The number of amides is 1. The molecule has 0 radical (unpaired) electrons. The Morgan fingerprint density at radius 1 is 1.16 bits per heavy atom. The Hall–Kier alpha value is -1.01. The maximum atomic E-state index is 13.5. The minimum Gasteiger partial charge on any atom is -0.330 e. The molecular weight excluding hydrogens is 318 g/mol. The van der Waals surface area contributed by atoms with Gasteiger partial charge in [-0.15, -0.1) is 0 Å². The van der Waals surface area contributed by atoms with Gasteiger partial charge in [0.1, 0.15) is 11.6 Å². The van der Waals surface area contributed by atoms with E-state index in [1.54, 1.807) is 0 Å². The van der Waals surface area contributed by atoms with Gasteiger partial charge in [-0.05, 0) is 41.4 Å². The molecule has 0 atom stereocenters. The first-order chi connectivity index (χ1) is 9.04. The van der Waals surface area contributed by atoms with Crippen LogP contribution in [0.5, 0.6) is 0 Å². The van der Waals surface area contributed by atoms with Crippen LogP contribution in [-0.2, 0) is 4.79 Å². The number of carbonyl (C=O) groups excluding carboxylic acids is 1. The summed E-state index contributed by atoms with van der Waals surface area (Å²) < 4.78 is 26.7. The number of rotatable bonds is 7. The molecule has 1 rings (SSSR count). The molecule has 0 aliphatic carbocycles. The molecule has 0 saturated carbocycles. The summed E-state index contributed by atoms with van der Waals surface area (Å²) in [4.78, 5) is 11.6. The fourth-order valence-corrected chi connectivity index (χ4v) is 1.93. The highest BCUT2D eigenvalue weighted by Gasteiger charge is 2.10. The van der Waals surface area contributed by atoms with Crippen molar-refractivity contribution in [3.63, 3.8) is 0 Å². The molecule has 1 amide bonds. The van der Waals surface area contributed by atoms with Crippen LogP contribution in [0.1, 0.15) is 32.1 Å². The third-order valence-electron chi connectivity index (χ3n) is 2.64. The number of halogens is 3. The van der Waals surface area contributed by atoms with Crippen molar-refractivity contribution in [3.05, 3.63) is 28.2 Å². The van der Waals surface area contributed by atoms with Gasteiger partial charge in [-0.25, -0.2) is 8.78 Å². The molecule has 1 aromatic carbocycles. The van der Waals surface area contributed by atoms with E-state index in [0.29, 0.717) is 19.4 Å². The largest absolute Gasteiger partial charge is 0.330 e. The second kappa shape index (κ2) is 8.22. The van der Waals surface area contributed by atoms with Crippen LogP contribution < -0.4 is 11.1 Å². The molecule has 0 bridgehead atoms. The Morgan fingerprint density at radius 2 is 1.84 bits per heavy atom. The maximum absolute atomic E-state index is 13.5. The fraction of sp³-hybridized carbons (Fsp3) is 0.462. The van der Waals surface area contributed by atoms with Crippen LogP contribution in [0.2, 0.25) is 0 Å². The summed E-state index contributed by atoms with van der Waals surface area (Å²) in [5, 5.41) is 2.37. The van der Waals surface area contributed by atoms with Crippen LogP contribution in [0.4, 0.5) is 14.5 Å². The molecule has 6 heteroatoms. The zero-order valence-corrected chi connectivity index (χ0v) is 12.1. The van der Waals surface area contributed by atoms with E-state index in [4.69, 9.17) is 5.73 Å². The van der Waals surface area contributed by atoms with E-state index in [2.05, 4.69) is 21.2 Å². The Bertz CT molecular complexity index is 441. The lowest BCUT2D eigenvalue weighted by Gasteiger charge is -2.07. The van der Waals surface area contributed by atoms with E-state index in [1.165, 1.54) is 0 Å². The summed E-state index contributed by atoms with van der Waals surface area (Å²) in [5.41, 5.74) is 5.22. The Morgan fingerprint density at radius 3 is 2.53 bits per heavy atom. The number of anilines is 1. The lowest BCUT2D eigenvalue weighted by molar-refractivity contribution is -0.116.